The highest BCUT2D eigenvalue weighted by Crippen LogP contribution is 2.47. The van der Waals surface area contributed by atoms with Gasteiger partial charge in [-0.05, 0) is 30.3 Å². The highest BCUT2D eigenvalue weighted by molar-refractivity contribution is 5.96. The van der Waals surface area contributed by atoms with Gasteiger partial charge in [0.1, 0.15) is 11.5 Å². The van der Waals surface area contributed by atoms with E-state index < -0.39 is 11.6 Å². The Bertz CT molecular complexity index is 866. The molecule has 1 aliphatic heterocycles. The van der Waals surface area contributed by atoms with E-state index in [0.29, 0.717) is 5.56 Å². The molecule has 0 amide bonds. The summed E-state index contributed by atoms with van der Waals surface area (Å²) in [5.41, 5.74) is 1.60. The summed E-state index contributed by atoms with van der Waals surface area (Å²) in [4.78, 5) is 12.4. The summed E-state index contributed by atoms with van der Waals surface area (Å²) in [5.74, 6) is -0.124. The normalized spacial score (nSPS) is 14.0. The molecule has 4 nitrogen and oxygen atoms in total. The molecule has 0 radical (unpaired) electrons. The number of carbonyl (C=O) groups is 1. The van der Waals surface area contributed by atoms with Crippen molar-refractivity contribution in [3.8, 4) is 11.5 Å². The second-order valence-corrected chi connectivity index (χ2v) is 5.71. The average Bonchev–Trinajstić information content (AvgIpc) is 2.99. The highest BCUT2D eigenvalue weighted by Gasteiger charge is 2.48. The first-order valence-electron chi connectivity index (χ1n) is 8.53. The number of rotatable bonds is 2. The van der Waals surface area contributed by atoms with Crippen molar-refractivity contribution in [2.24, 2.45) is 0 Å². The summed E-state index contributed by atoms with van der Waals surface area (Å²) in [6, 6.07) is 20.4. The molecule has 0 fully saturated rings. The minimum absolute atomic E-state index is 0.136. The molecular formula is C22H20O4. The Labute approximate surface area is 152 Å². The maximum Gasteiger partial charge on any atom is 0.340 e. The first kappa shape index (κ1) is 17.5. The molecule has 4 heteroatoms. The molecule has 0 bridgehead atoms. The quantitative estimate of drug-likeness (QED) is 0.665. The van der Waals surface area contributed by atoms with Crippen LogP contribution in [0.25, 0.3) is 0 Å². The van der Waals surface area contributed by atoms with Crippen LogP contribution < -0.4 is 0 Å². The third-order valence-electron chi connectivity index (χ3n) is 4.32. The molecule has 2 N–H and O–H groups in total. The lowest BCUT2D eigenvalue weighted by Gasteiger charge is -2.30. The van der Waals surface area contributed by atoms with Gasteiger partial charge in [0, 0.05) is 16.7 Å². The minimum Gasteiger partial charge on any atom is -0.508 e. The first-order chi connectivity index (χ1) is 12.6. The first-order valence-corrected chi connectivity index (χ1v) is 8.53. The molecule has 26 heavy (non-hydrogen) atoms. The van der Waals surface area contributed by atoms with Crippen molar-refractivity contribution in [1.82, 2.24) is 0 Å². The maximum atomic E-state index is 12.4. The fraction of sp³-hybridized carbons (Fsp3) is 0.136. The number of aromatic hydroxyl groups is 2. The van der Waals surface area contributed by atoms with E-state index in [9.17, 15) is 15.0 Å². The predicted molar refractivity (Wildman–Crippen MR) is 99.3 cm³/mol. The molecule has 0 aliphatic carbocycles. The van der Waals surface area contributed by atoms with Gasteiger partial charge in [0.15, 0.2) is 5.60 Å². The van der Waals surface area contributed by atoms with Gasteiger partial charge in [0.05, 0.1) is 5.56 Å². The molecule has 3 aromatic rings. The topological polar surface area (TPSA) is 66.8 Å². The lowest BCUT2D eigenvalue weighted by Crippen LogP contribution is -2.29. The van der Waals surface area contributed by atoms with Crippen LogP contribution in [0.3, 0.4) is 0 Å². The SMILES string of the molecule is CC.O=C1OC(c2ccc(O)cc2)(c2ccc(O)cc2)c2ccccc21. The Morgan fingerprint density at radius 2 is 1.19 bits per heavy atom. The van der Waals surface area contributed by atoms with E-state index in [-0.39, 0.29) is 11.5 Å². The summed E-state index contributed by atoms with van der Waals surface area (Å²) >= 11 is 0. The summed E-state index contributed by atoms with van der Waals surface area (Å²) < 4.78 is 5.87. The molecule has 4 rings (SSSR count). The zero-order valence-corrected chi connectivity index (χ0v) is 14.6. The lowest BCUT2D eigenvalue weighted by atomic mass is 9.80. The Hall–Kier alpha value is -3.27. The number of hydrogen-bond acceptors (Lipinski definition) is 4. The summed E-state index contributed by atoms with van der Waals surface area (Å²) in [6.45, 7) is 4.00. The van der Waals surface area contributed by atoms with E-state index in [2.05, 4.69) is 0 Å². The van der Waals surface area contributed by atoms with Gasteiger partial charge < -0.3 is 14.9 Å². The molecule has 0 aromatic heterocycles. The lowest BCUT2D eigenvalue weighted by molar-refractivity contribution is 0.0251. The molecular weight excluding hydrogens is 328 g/mol. The van der Waals surface area contributed by atoms with Crippen molar-refractivity contribution in [1.29, 1.82) is 0 Å². The van der Waals surface area contributed by atoms with Crippen LogP contribution in [0, 0.1) is 0 Å². The maximum absolute atomic E-state index is 12.4. The molecule has 0 spiro atoms. The third-order valence-corrected chi connectivity index (χ3v) is 4.32. The van der Waals surface area contributed by atoms with E-state index in [0.717, 1.165) is 16.7 Å². The number of phenols is 2. The van der Waals surface area contributed by atoms with Gasteiger partial charge in [-0.3, -0.25) is 0 Å². The van der Waals surface area contributed by atoms with Crippen LogP contribution in [0.1, 0.15) is 40.9 Å². The molecule has 132 valence electrons. The largest absolute Gasteiger partial charge is 0.508 e. The highest BCUT2D eigenvalue weighted by atomic mass is 16.6. The molecule has 1 heterocycles. The fourth-order valence-electron chi connectivity index (χ4n) is 3.20. The zero-order valence-electron chi connectivity index (χ0n) is 14.6. The van der Waals surface area contributed by atoms with Gasteiger partial charge >= 0.3 is 5.97 Å². The predicted octanol–water partition coefficient (Wildman–Crippen LogP) is 4.59. The van der Waals surface area contributed by atoms with E-state index >= 15 is 0 Å². The molecule has 0 unspecified atom stereocenters. The Morgan fingerprint density at radius 3 is 1.69 bits per heavy atom. The van der Waals surface area contributed by atoms with Crippen LogP contribution in [-0.4, -0.2) is 16.2 Å². The number of benzene rings is 3. The van der Waals surface area contributed by atoms with Crippen molar-refractivity contribution in [2.75, 3.05) is 0 Å². The molecule has 0 saturated carbocycles. The van der Waals surface area contributed by atoms with Crippen molar-refractivity contribution < 1.29 is 19.7 Å². The van der Waals surface area contributed by atoms with Crippen LogP contribution in [0.2, 0.25) is 0 Å². The zero-order chi connectivity index (χ0) is 18.7. The second kappa shape index (κ2) is 6.92. The van der Waals surface area contributed by atoms with Gasteiger partial charge in [-0.15, -0.1) is 0 Å². The van der Waals surface area contributed by atoms with E-state index in [1.165, 1.54) is 0 Å². The number of phenolic OH excluding ortho intramolecular Hbond substituents is 2. The van der Waals surface area contributed by atoms with E-state index in [1.807, 2.05) is 26.0 Å². The number of ether oxygens (including phenoxy) is 1. The molecule has 3 aromatic carbocycles. The van der Waals surface area contributed by atoms with Gasteiger partial charge in [-0.25, -0.2) is 4.79 Å². The monoisotopic (exact) mass is 348 g/mol. The third kappa shape index (κ3) is 2.69. The van der Waals surface area contributed by atoms with Crippen LogP contribution in [0.5, 0.6) is 11.5 Å². The Morgan fingerprint density at radius 1 is 0.731 bits per heavy atom. The van der Waals surface area contributed by atoms with Crippen LogP contribution in [0.4, 0.5) is 0 Å². The summed E-state index contributed by atoms with van der Waals surface area (Å²) in [5, 5.41) is 19.2. The Balaban J connectivity index is 0.000000948. The van der Waals surface area contributed by atoms with E-state index in [4.69, 9.17) is 4.74 Å². The van der Waals surface area contributed by atoms with Gasteiger partial charge in [0.2, 0.25) is 0 Å². The number of hydrogen-bond donors (Lipinski definition) is 2. The molecule has 0 saturated heterocycles. The minimum atomic E-state index is -1.10. The second-order valence-electron chi connectivity index (χ2n) is 5.71. The van der Waals surface area contributed by atoms with Crippen LogP contribution in [0.15, 0.2) is 72.8 Å². The van der Waals surface area contributed by atoms with E-state index in [1.54, 1.807) is 60.7 Å². The Kier molecular flexibility index (Phi) is 4.67. The van der Waals surface area contributed by atoms with Gasteiger partial charge in [-0.1, -0.05) is 56.3 Å². The fourth-order valence-corrected chi connectivity index (χ4v) is 3.20. The smallest absolute Gasteiger partial charge is 0.340 e. The van der Waals surface area contributed by atoms with Crippen LogP contribution >= 0.6 is 0 Å². The summed E-state index contributed by atoms with van der Waals surface area (Å²) in [7, 11) is 0. The van der Waals surface area contributed by atoms with Crippen LogP contribution in [-0.2, 0) is 10.3 Å². The number of esters is 1. The van der Waals surface area contributed by atoms with Crippen molar-refractivity contribution >= 4 is 5.97 Å². The number of carbonyl (C=O) groups excluding carboxylic acids is 1. The standard InChI is InChI=1S/C20H14O4.C2H6/c21-15-9-5-13(6-10-15)20(14-7-11-16(22)12-8-14)18-4-2-1-3-17(18)19(23)24-20;1-2/h1-12,21-22H;1-2H3. The molecule has 0 atom stereocenters. The number of cyclic esters (lactones) is 1. The van der Waals surface area contributed by atoms with Crippen molar-refractivity contribution in [3.63, 3.8) is 0 Å². The molecule has 1 aliphatic rings. The van der Waals surface area contributed by atoms with Gasteiger partial charge in [0.25, 0.3) is 0 Å². The number of fused-ring (bicyclic) bond motifs is 1. The van der Waals surface area contributed by atoms with Gasteiger partial charge in [-0.2, -0.15) is 0 Å². The summed E-state index contributed by atoms with van der Waals surface area (Å²) in [6.07, 6.45) is 0. The van der Waals surface area contributed by atoms with Crippen molar-refractivity contribution in [3.05, 3.63) is 95.1 Å². The average molecular weight is 348 g/mol. The van der Waals surface area contributed by atoms with Crippen molar-refractivity contribution in [2.45, 2.75) is 19.4 Å².